The number of benzene rings is 2. The van der Waals surface area contributed by atoms with Crippen LogP contribution in [0.15, 0.2) is 47.6 Å². The second-order valence-electron chi connectivity index (χ2n) is 8.09. The van der Waals surface area contributed by atoms with Gasteiger partial charge in [-0.25, -0.2) is 0 Å². The normalized spacial score (nSPS) is 18.3. The molecule has 0 saturated carbocycles. The Labute approximate surface area is 187 Å². The minimum atomic E-state index is -0.429. The number of para-hydroxylation sites is 1. The fraction of sp³-hybridized carbons (Fsp3) is 0.348. The van der Waals surface area contributed by atoms with Crippen LogP contribution in [0.2, 0.25) is 0 Å². The van der Waals surface area contributed by atoms with Gasteiger partial charge in [0.15, 0.2) is 5.11 Å². The quantitative estimate of drug-likeness (QED) is 0.491. The Balaban J connectivity index is 1.55. The number of thiocarbonyl (C=S) groups is 1. The highest BCUT2D eigenvalue weighted by Crippen LogP contribution is 2.40. The van der Waals surface area contributed by atoms with Gasteiger partial charge in [0.2, 0.25) is 5.91 Å². The Bertz CT molecular complexity index is 1040. The van der Waals surface area contributed by atoms with Crippen LogP contribution in [0.5, 0.6) is 11.5 Å². The number of carbonyl (C=O) groups excluding carboxylic acids is 1. The summed E-state index contributed by atoms with van der Waals surface area (Å²) in [5.41, 5.74) is 6.02. The minimum Gasteiger partial charge on any atom is -0.508 e. The molecule has 8 heteroatoms. The molecular formula is C23H26N4O3S. The van der Waals surface area contributed by atoms with E-state index in [9.17, 15) is 9.90 Å². The summed E-state index contributed by atoms with van der Waals surface area (Å²) >= 11 is 5.43. The van der Waals surface area contributed by atoms with Crippen molar-refractivity contribution in [2.75, 3.05) is 18.4 Å². The highest BCUT2D eigenvalue weighted by Gasteiger charge is 2.42. The largest absolute Gasteiger partial charge is 0.508 e. The van der Waals surface area contributed by atoms with Crippen molar-refractivity contribution in [2.45, 2.75) is 38.7 Å². The molecule has 2 aromatic carbocycles. The van der Waals surface area contributed by atoms with Gasteiger partial charge in [0, 0.05) is 50.5 Å². The first-order valence-corrected chi connectivity index (χ1v) is 10.7. The highest BCUT2D eigenvalue weighted by molar-refractivity contribution is 7.80. The molecule has 2 aliphatic rings. The van der Waals surface area contributed by atoms with Gasteiger partial charge in [-0.3, -0.25) is 10.2 Å². The molecule has 3 N–H and O–H groups in total. The lowest BCUT2D eigenvalue weighted by Crippen LogP contribution is -2.52. The molecule has 2 heterocycles. The second kappa shape index (κ2) is 8.55. The molecule has 4 rings (SSSR count). The summed E-state index contributed by atoms with van der Waals surface area (Å²) in [5.74, 6) is 0.913. The van der Waals surface area contributed by atoms with Gasteiger partial charge in [-0.15, -0.1) is 0 Å². The fourth-order valence-corrected chi connectivity index (χ4v) is 4.25. The first kappa shape index (κ1) is 21.1. The molecule has 162 valence electrons. The number of hydrogen-bond donors (Lipinski definition) is 3. The first-order chi connectivity index (χ1) is 14.8. The van der Waals surface area contributed by atoms with Crippen LogP contribution in [-0.2, 0) is 4.79 Å². The molecule has 1 fully saturated rings. The van der Waals surface area contributed by atoms with Gasteiger partial charge in [0.25, 0.3) is 0 Å². The molecule has 1 amide bonds. The van der Waals surface area contributed by atoms with Crippen LogP contribution in [-0.4, -0.2) is 45.4 Å². The fourth-order valence-electron chi connectivity index (χ4n) is 4.09. The van der Waals surface area contributed by atoms with E-state index in [2.05, 4.69) is 15.8 Å². The molecule has 1 saturated heterocycles. The summed E-state index contributed by atoms with van der Waals surface area (Å²) in [6.45, 7) is 4.90. The second-order valence-corrected chi connectivity index (χ2v) is 8.50. The molecule has 7 nitrogen and oxygen atoms in total. The number of aromatic hydroxyl groups is 1. The van der Waals surface area contributed by atoms with E-state index in [0.29, 0.717) is 30.4 Å². The van der Waals surface area contributed by atoms with Gasteiger partial charge in [0.05, 0.1) is 5.71 Å². The zero-order chi connectivity index (χ0) is 22.0. The van der Waals surface area contributed by atoms with Crippen LogP contribution in [0.4, 0.5) is 5.69 Å². The third-order valence-electron chi connectivity index (χ3n) is 5.90. The van der Waals surface area contributed by atoms with Crippen LogP contribution < -0.4 is 15.5 Å². The molecule has 0 aromatic heterocycles. The zero-order valence-electron chi connectivity index (χ0n) is 17.6. The van der Waals surface area contributed by atoms with Crippen LogP contribution in [0, 0.1) is 6.92 Å². The summed E-state index contributed by atoms with van der Waals surface area (Å²) in [7, 11) is 0. The average molecular weight is 439 g/mol. The van der Waals surface area contributed by atoms with Crippen molar-refractivity contribution in [1.82, 2.24) is 10.3 Å². The summed E-state index contributed by atoms with van der Waals surface area (Å²) in [5, 5.41) is 18.1. The molecule has 0 unspecified atom stereocenters. The number of carbonyl (C=O) groups is 1. The number of nitrogens with zero attached hydrogens (tertiary/aromatic N) is 2. The number of nitrogens with one attached hydrogen (secondary N) is 2. The average Bonchev–Trinajstić information content (AvgIpc) is 2.74. The number of phenolic OH excluding ortho intramolecular Hbond substituents is 1. The smallest absolute Gasteiger partial charge is 0.219 e. The van der Waals surface area contributed by atoms with E-state index in [1.165, 1.54) is 0 Å². The number of hydrogen-bond acceptors (Lipinski definition) is 5. The van der Waals surface area contributed by atoms with E-state index >= 15 is 0 Å². The van der Waals surface area contributed by atoms with Gasteiger partial charge in [-0.05, 0) is 49.0 Å². The molecular weight excluding hydrogens is 412 g/mol. The molecule has 1 spiro atoms. The van der Waals surface area contributed by atoms with E-state index in [1.54, 1.807) is 25.1 Å². The molecule has 2 aromatic rings. The molecule has 0 atom stereocenters. The van der Waals surface area contributed by atoms with Crippen molar-refractivity contribution in [3.63, 3.8) is 0 Å². The van der Waals surface area contributed by atoms with Crippen LogP contribution >= 0.6 is 12.2 Å². The van der Waals surface area contributed by atoms with E-state index in [-0.39, 0.29) is 11.7 Å². The lowest BCUT2D eigenvalue weighted by Gasteiger charge is -2.44. The van der Waals surface area contributed by atoms with Crippen molar-refractivity contribution in [1.29, 1.82) is 0 Å². The Morgan fingerprint density at radius 1 is 1.23 bits per heavy atom. The number of rotatable bonds is 2. The van der Waals surface area contributed by atoms with Crippen molar-refractivity contribution < 1.29 is 14.6 Å². The Morgan fingerprint density at radius 2 is 1.97 bits per heavy atom. The lowest BCUT2D eigenvalue weighted by atomic mass is 9.82. The van der Waals surface area contributed by atoms with Crippen molar-refractivity contribution in [2.24, 2.45) is 5.10 Å². The summed E-state index contributed by atoms with van der Waals surface area (Å²) in [4.78, 5) is 13.6. The molecule has 0 bridgehead atoms. The lowest BCUT2D eigenvalue weighted by molar-refractivity contribution is -0.132. The van der Waals surface area contributed by atoms with Gasteiger partial charge in [-0.1, -0.05) is 18.2 Å². The predicted molar refractivity (Wildman–Crippen MR) is 125 cm³/mol. The van der Waals surface area contributed by atoms with Crippen LogP contribution in [0.1, 0.15) is 37.3 Å². The number of anilines is 1. The third-order valence-corrected chi connectivity index (χ3v) is 6.09. The number of ether oxygens (including phenoxy) is 1. The Kier molecular flexibility index (Phi) is 5.82. The number of hydrazone groups is 1. The summed E-state index contributed by atoms with van der Waals surface area (Å²) < 4.78 is 6.39. The molecule has 31 heavy (non-hydrogen) atoms. The number of fused-ring (bicyclic) bond motifs is 1. The number of amides is 1. The number of piperidine rings is 1. The molecule has 0 radical (unpaired) electrons. The van der Waals surface area contributed by atoms with E-state index in [1.807, 2.05) is 36.1 Å². The maximum absolute atomic E-state index is 11.7. The SMILES string of the molecule is CC(=O)N1CCC2(CC1)CC(=NNC(=S)Nc1ccccc1C)c1cc(O)ccc1O2. The maximum Gasteiger partial charge on any atom is 0.219 e. The van der Waals surface area contributed by atoms with E-state index < -0.39 is 5.60 Å². The summed E-state index contributed by atoms with van der Waals surface area (Å²) in [6, 6.07) is 12.9. The number of aryl methyl sites for hydroxylation is 1. The van der Waals surface area contributed by atoms with Gasteiger partial charge in [-0.2, -0.15) is 5.10 Å². The van der Waals surface area contributed by atoms with Gasteiger partial charge < -0.3 is 20.1 Å². The Morgan fingerprint density at radius 3 is 2.68 bits per heavy atom. The standard InChI is InChI=1S/C23H26N4O3S/c1-15-5-3-4-6-19(15)24-22(31)26-25-20-14-23(9-11-27(12-10-23)16(2)28)30-21-8-7-17(29)13-18(20)21/h3-8,13,29H,9-12,14H2,1-2H3,(H2,24,26,31). The monoisotopic (exact) mass is 438 g/mol. The van der Waals surface area contributed by atoms with Crippen molar-refractivity contribution in [3.8, 4) is 11.5 Å². The zero-order valence-corrected chi connectivity index (χ0v) is 18.5. The van der Waals surface area contributed by atoms with Gasteiger partial charge in [0.1, 0.15) is 17.1 Å². The van der Waals surface area contributed by atoms with Crippen molar-refractivity contribution in [3.05, 3.63) is 53.6 Å². The first-order valence-electron chi connectivity index (χ1n) is 10.3. The number of likely N-dealkylation sites (tertiary alicyclic amines) is 1. The molecule has 0 aliphatic carbocycles. The van der Waals surface area contributed by atoms with E-state index in [0.717, 1.165) is 35.4 Å². The number of phenols is 1. The Hall–Kier alpha value is -3.13. The van der Waals surface area contributed by atoms with Crippen molar-refractivity contribution >= 4 is 34.6 Å². The summed E-state index contributed by atoms with van der Waals surface area (Å²) in [6.07, 6.45) is 2.00. The van der Waals surface area contributed by atoms with Crippen LogP contribution in [0.25, 0.3) is 0 Å². The topological polar surface area (TPSA) is 86.2 Å². The van der Waals surface area contributed by atoms with E-state index in [4.69, 9.17) is 17.0 Å². The maximum atomic E-state index is 11.7. The minimum absolute atomic E-state index is 0.0826. The van der Waals surface area contributed by atoms with Crippen LogP contribution in [0.3, 0.4) is 0 Å². The molecule has 2 aliphatic heterocycles. The highest BCUT2D eigenvalue weighted by atomic mass is 32.1. The predicted octanol–water partition coefficient (Wildman–Crippen LogP) is 3.55. The van der Waals surface area contributed by atoms with Gasteiger partial charge >= 0.3 is 0 Å². The third kappa shape index (κ3) is 4.64.